The van der Waals surface area contributed by atoms with Crippen LogP contribution in [0.25, 0.3) is 10.2 Å². The van der Waals surface area contributed by atoms with Gasteiger partial charge in [0.25, 0.3) is 0 Å². The number of carbonyl (C=O) groups is 1. The van der Waals surface area contributed by atoms with Gasteiger partial charge in [-0.15, -0.1) is 0 Å². The van der Waals surface area contributed by atoms with Gasteiger partial charge in [-0.3, -0.25) is 4.79 Å². The van der Waals surface area contributed by atoms with Gasteiger partial charge in [0.2, 0.25) is 15.9 Å². The number of para-hydroxylation sites is 1. The number of piperazine rings is 1. The smallest absolute Gasteiger partial charge is 0.243 e. The van der Waals surface area contributed by atoms with Crippen LogP contribution in [0.2, 0.25) is 0 Å². The number of hydrogen-bond donors (Lipinski definition) is 0. The maximum Gasteiger partial charge on any atom is 0.243 e. The summed E-state index contributed by atoms with van der Waals surface area (Å²) in [6.07, 6.45) is 1.30. The van der Waals surface area contributed by atoms with Gasteiger partial charge < -0.3 is 9.80 Å². The number of piperidine rings is 1. The highest BCUT2D eigenvalue weighted by atomic mass is 32.2. The number of anilines is 1. The largest absolute Gasteiger partial charge is 0.345 e. The molecule has 2 aromatic carbocycles. The average molecular weight is 489 g/mol. The molecular formula is C23H25FN4O3S2. The minimum absolute atomic E-state index is 0.0120. The highest BCUT2D eigenvalue weighted by molar-refractivity contribution is 7.89. The summed E-state index contributed by atoms with van der Waals surface area (Å²) in [4.78, 5) is 22.0. The third kappa shape index (κ3) is 4.47. The number of amides is 1. The Morgan fingerprint density at radius 1 is 1.00 bits per heavy atom. The van der Waals surface area contributed by atoms with E-state index < -0.39 is 15.8 Å². The Kier molecular flexibility index (Phi) is 6.07. The van der Waals surface area contributed by atoms with E-state index in [-0.39, 0.29) is 23.3 Å². The highest BCUT2D eigenvalue weighted by Crippen LogP contribution is 2.30. The van der Waals surface area contributed by atoms with E-state index in [1.54, 1.807) is 11.3 Å². The Labute approximate surface area is 196 Å². The lowest BCUT2D eigenvalue weighted by Crippen LogP contribution is -2.53. The zero-order valence-corrected chi connectivity index (χ0v) is 19.7. The lowest BCUT2D eigenvalue weighted by molar-refractivity contribution is -0.137. The molecule has 3 heterocycles. The molecule has 0 radical (unpaired) electrons. The zero-order valence-electron chi connectivity index (χ0n) is 18.1. The first-order chi connectivity index (χ1) is 15.9. The van der Waals surface area contributed by atoms with Crippen molar-refractivity contribution in [3.05, 3.63) is 54.3 Å². The molecule has 2 fully saturated rings. The van der Waals surface area contributed by atoms with E-state index in [9.17, 15) is 17.6 Å². The topological polar surface area (TPSA) is 73.8 Å². The number of rotatable bonds is 4. The van der Waals surface area contributed by atoms with Gasteiger partial charge in [0.1, 0.15) is 5.82 Å². The van der Waals surface area contributed by atoms with Gasteiger partial charge in [0, 0.05) is 39.3 Å². The zero-order chi connectivity index (χ0) is 23.0. The molecule has 1 atom stereocenters. The fraction of sp³-hybridized carbons (Fsp3) is 0.391. The highest BCUT2D eigenvalue weighted by Gasteiger charge is 2.36. The lowest BCUT2D eigenvalue weighted by Gasteiger charge is -2.38. The molecule has 33 heavy (non-hydrogen) atoms. The number of benzene rings is 2. The van der Waals surface area contributed by atoms with Crippen molar-refractivity contribution in [2.75, 3.05) is 44.2 Å². The van der Waals surface area contributed by atoms with E-state index in [0.717, 1.165) is 27.5 Å². The SMILES string of the molecule is O=C(C1CCCN(S(=O)(=O)c2ccc(F)cc2)C1)N1CCN(c2nc3ccccc3s2)CC1. The molecule has 2 aliphatic rings. The molecule has 7 nitrogen and oxygen atoms in total. The number of fused-ring (bicyclic) bond motifs is 1. The molecule has 0 aliphatic carbocycles. The Balaban J connectivity index is 1.22. The van der Waals surface area contributed by atoms with Gasteiger partial charge in [-0.25, -0.2) is 17.8 Å². The average Bonchev–Trinajstić information content (AvgIpc) is 3.28. The van der Waals surface area contributed by atoms with E-state index in [0.29, 0.717) is 45.6 Å². The lowest BCUT2D eigenvalue weighted by atomic mass is 9.98. The second-order valence-corrected chi connectivity index (χ2v) is 11.4. The van der Waals surface area contributed by atoms with Crippen LogP contribution in [0, 0.1) is 11.7 Å². The number of carbonyl (C=O) groups excluding carboxylic acids is 1. The summed E-state index contributed by atoms with van der Waals surface area (Å²) in [6.45, 7) is 3.13. The Hall–Kier alpha value is -2.56. The number of thiazole rings is 1. The normalized spacial score (nSPS) is 20.3. The van der Waals surface area contributed by atoms with Crippen LogP contribution in [0.1, 0.15) is 12.8 Å². The molecule has 0 bridgehead atoms. The second kappa shape index (κ2) is 9.00. The van der Waals surface area contributed by atoms with Crippen molar-refractivity contribution in [2.24, 2.45) is 5.92 Å². The molecule has 1 aromatic heterocycles. The fourth-order valence-corrected chi connectivity index (χ4v) is 7.03. The first-order valence-electron chi connectivity index (χ1n) is 11.1. The molecule has 174 valence electrons. The van der Waals surface area contributed by atoms with Crippen LogP contribution in [-0.4, -0.2) is 67.8 Å². The minimum atomic E-state index is -3.75. The van der Waals surface area contributed by atoms with Gasteiger partial charge in [0.15, 0.2) is 5.13 Å². The predicted molar refractivity (Wildman–Crippen MR) is 126 cm³/mol. The van der Waals surface area contributed by atoms with Gasteiger partial charge in [-0.1, -0.05) is 23.5 Å². The monoisotopic (exact) mass is 488 g/mol. The number of aromatic nitrogens is 1. The van der Waals surface area contributed by atoms with E-state index in [2.05, 4.69) is 11.0 Å². The summed E-state index contributed by atoms with van der Waals surface area (Å²) in [6, 6.07) is 12.9. The summed E-state index contributed by atoms with van der Waals surface area (Å²) >= 11 is 1.66. The molecule has 0 spiro atoms. The van der Waals surface area contributed by atoms with Crippen molar-refractivity contribution in [2.45, 2.75) is 17.7 Å². The summed E-state index contributed by atoms with van der Waals surface area (Å²) < 4.78 is 41.7. The standard InChI is InChI=1S/C23H25FN4O3S2/c24-18-7-9-19(10-8-18)33(30,31)28-11-3-4-17(16-28)22(29)26-12-14-27(15-13-26)23-25-20-5-1-2-6-21(20)32-23/h1-2,5-10,17H,3-4,11-16H2. The summed E-state index contributed by atoms with van der Waals surface area (Å²) in [5.74, 6) is -0.827. The maximum absolute atomic E-state index is 13.2. The van der Waals surface area contributed by atoms with Crippen LogP contribution in [0.4, 0.5) is 9.52 Å². The minimum Gasteiger partial charge on any atom is -0.345 e. The quantitative estimate of drug-likeness (QED) is 0.564. The molecule has 1 unspecified atom stereocenters. The van der Waals surface area contributed by atoms with Crippen LogP contribution in [-0.2, 0) is 14.8 Å². The van der Waals surface area contributed by atoms with Gasteiger partial charge in [-0.2, -0.15) is 4.31 Å². The van der Waals surface area contributed by atoms with Gasteiger partial charge in [0.05, 0.1) is 21.0 Å². The number of halogens is 1. The number of hydrogen-bond acceptors (Lipinski definition) is 6. The summed E-state index contributed by atoms with van der Waals surface area (Å²) in [5, 5.41) is 0.970. The molecule has 0 saturated carbocycles. The molecule has 2 saturated heterocycles. The van der Waals surface area contributed by atoms with E-state index in [1.807, 2.05) is 23.1 Å². The van der Waals surface area contributed by atoms with Crippen molar-refractivity contribution in [3.63, 3.8) is 0 Å². The van der Waals surface area contributed by atoms with Crippen LogP contribution < -0.4 is 4.90 Å². The van der Waals surface area contributed by atoms with Crippen molar-refractivity contribution < 1.29 is 17.6 Å². The first-order valence-corrected chi connectivity index (χ1v) is 13.3. The Bertz CT molecular complexity index is 1220. The Morgan fingerprint density at radius 3 is 2.45 bits per heavy atom. The van der Waals surface area contributed by atoms with E-state index in [4.69, 9.17) is 4.98 Å². The molecule has 2 aliphatic heterocycles. The van der Waals surface area contributed by atoms with Crippen LogP contribution in [0.15, 0.2) is 53.4 Å². The van der Waals surface area contributed by atoms with Crippen LogP contribution >= 0.6 is 11.3 Å². The third-order valence-corrected chi connectivity index (χ3v) is 9.31. The van der Waals surface area contributed by atoms with E-state index >= 15 is 0 Å². The van der Waals surface area contributed by atoms with Gasteiger partial charge >= 0.3 is 0 Å². The fourth-order valence-electron chi connectivity index (χ4n) is 4.49. The van der Waals surface area contributed by atoms with Crippen molar-refractivity contribution in [3.8, 4) is 0 Å². The second-order valence-electron chi connectivity index (χ2n) is 8.43. The maximum atomic E-state index is 13.2. The molecule has 5 rings (SSSR count). The summed E-state index contributed by atoms with van der Waals surface area (Å²) in [7, 11) is -3.75. The summed E-state index contributed by atoms with van der Waals surface area (Å²) in [5.41, 5.74) is 0.987. The predicted octanol–water partition coefficient (Wildman–Crippen LogP) is 3.18. The molecule has 1 amide bonds. The van der Waals surface area contributed by atoms with Gasteiger partial charge in [-0.05, 0) is 49.2 Å². The van der Waals surface area contributed by atoms with E-state index in [1.165, 1.54) is 16.4 Å². The number of sulfonamides is 1. The first kappa shape index (κ1) is 22.2. The van der Waals surface area contributed by atoms with Crippen molar-refractivity contribution >= 4 is 42.6 Å². The van der Waals surface area contributed by atoms with Crippen molar-refractivity contribution in [1.82, 2.24) is 14.2 Å². The molecular weight excluding hydrogens is 463 g/mol. The van der Waals surface area contributed by atoms with Crippen LogP contribution in [0.3, 0.4) is 0 Å². The third-order valence-electron chi connectivity index (χ3n) is 6.33. The Morgan fingerprint density at radius 2 is 1.73 bits per heavy atom. The number of nitrogens with zero attached hydrogens (tertiary/aromatic N) is 4. The molecule has 0 N–H and O–H groups in total. The molecule has 10 heteroatoms. The van der Waals surface area contributed by atoms with Crippen LogP contribution in [0.5, 0.6) is 0 Å². The molecule has 3 aromatic rings. The van der Waals surface area contributed by atoms with Crippen molar-refractivity contribution in [1.29, 1.82) is 0 Å².